The Morgan fingerprint density at radius 3 is 2.76 bits per heavy atom. The van der Waals surface area contributed by atoms with Crippen molar-refractivity contribution in [3.8, 4) is 23.3 Å². The standard InChI is InChI=1S/C18H15N3O4/c1-11-4-5-21(13-2-3-14-15(6-13)25-10-24-14)18(23)16(11)17(22)20-8-12(7-19)9-20/h2-6,12H,8-10H2,1H3. The van der Waals surface area contributed by atoms with Gasteiger partial charge >= 0.3 is 0 Å². The molecule has 3 heterocycles. The number of pyridine rings is 1. The van der Waals surface area contributed by atoms with Crippen molar-refractivity contribution >= 4 is 5.91 Å². The molecule has 2 aromatic rings. The minimum Gasteiger partial charge on any atom is -0.454 e. The zero-order valence-electron chi connectivity index (χ0n) is 13.6. The van der Waals surface area contributed by atoms with Gasteiger partial charge in [0.25, 0.3) is 11.5 Å². The average Bonchev–Trinajstić information content (AvgIpc) is 3.01. The predicted molar refractivity (Wildman–Crippen MR) is 87.9 cm³/mol. The number of nitriles is 1. The first-order chi connectivity index (χ1) is 12.1. The lowest BCUT2D eigenvalue weighted by atomic mass is 10.00. The van der Waals surface area contributed by atoms with Crippen LogP contribution in [0.1, 0.15) is 15.9 Å². The smallest absolute Gasteiger partial charge is 0.268 e. The topological polar surface area (TPSA) is 84.6 Å². The number of benzene rings is 1. The van der Waals surface area contributed by atoms with Crippen LogP contribution in [0.4, 0.5) is 0 Å². The van der Waals surface area contributed by atoms with Crippen LogP contribution >= 0.6 is 0 Å². The van der Waals surface area contributed by atoms with E-state index in [2.05, 4.69) is 6.07 Å². The summed E-state index contributed by atoms with van der Waals surface area (Å²) < 4.78 is 12.0. The molecule has 0 saturated carbocycles. The van der Waals surface area contributed by atoms with Crippen molar-refractivity contribution in [2.75, 3.05) is 19.9 Å². The minimum atomic E-state index is -0.385. The molecule has 0 unspecified atom stereocenters. The summed E-state index contributed by atoms with van der Waals surface area (Å²) >= 11 is 0. The molecule has 0 spiro atoms. The van der Waals surface area contributed by atoms with Crippen LogP contribution < -0.4 is 15.0 Å². The average molecular weight is 337 g/mol. The van der Waals surface area contributed by atoms with Crippen molar-refractivity contribution in [2.24, 2.45) is 5.92 Å². The van der Waals surface area contributed by atoms with E-state index in [0.717, 1.165) is 0 Å². The van der Waals surface area contributed by atoms with Crippen LogP contribution in [-0.4, -0.2) is 35.3 Å². The molecule has 0 N–H and O–H groups in total. The second-order valence-corrected chi connectivity index (χ2v) is 6.12. The van der Waals surface area contributed by atoms with Crippen LogP contribution in [-0.2, 0) is 0 Å². The van der Waals surface area contributed by atoms with E-state index >= 15 is 0 Å². The van der Waals surface area contributed by atoms with Crippen molar-refractivity contribution < 1.29 is 14.3 Å². The molecule has 1 aromatic heterocycles. The highest BCUT2D eigenvalue weighted by Crippen LogP contribution is 2.33. The number of nitrogens with zero attached hydrogens (tertiary/aromatic N) is 3. The van der Waals surface area contributed by atoms with Gasteiger partial charge in [0.1, 0.15) is 5.56 Å². The van der Waals surface area contributed by atoms with E-state index < -0.39 is 0 Å². The molecule has 126 valence electrons. The number of hydrogen-bond donors (Lipinski definition) is 0. The first kappa shape index (κ1) is 15.3. The van der Waals surface area contributed by atoms with Gasteiger partial charge in [0, 0.05) is 25.4 Å². The van der Waals surface area contributed by atoms with E-state index in [1.54, 1.807) is 37.4 Å². The number of fused-ring (bicyclic) bond motifs is 1. The number of aromatic nitrogens is 1. The lowest BCUT2D eigenvalue weighted by molar-refractivity contribution is 0.0574. The molecule has 1 aromatic carbocycles. The number of carbonyl (C=O) groups is 1. The number of hydrogen-bond acceptors (Lipinski definition) is 5. The summed E-state index contributed by atoms with van der Waals surface area (Å²) in [5, 5.41) is 8.86. The summed E-state index contributed by atoms with van der Waals surface area (Å²) in [6.07, 6.45) is 1.64. The second-order valence-electron chi connectivity index (χ2n) is 6.12. The summed E-state index contributed by atoms with van der Waals surface area (Å²) in [4.78, 5) is 27.1. The van der Waals surface area contributed by atoms with E-state index in [1.165, 1.54) is 9.47 Å². The van der Waals surface area contributed by atoms with Gasteiger partial charge in [0.2, 0.25) is 6.79 Å². The van der Waals surface area contributed by atoms with Gasteiger partial charge < -0.3 is 14.4 Å². The fourth-order valence-electron chi connectivity index (χ4n) is 3.01. The Morgan fingerprint density at radius 2 is 2.00 bits per heavy atom. The monoisotopic (exact) mass is 337 g/mol. The zero-order valence-corrected chi connectivity index (χ0v) is 13.6. The Balaban J connectivity index is 1.73. The number of carbonyl (C=O) groups excluding carboxylic acids is 1. The third kappa shape index (κ3) is 2.43. The Kier molecular flexibility index (Phi) is 3.46. The summed E-state index contributed by atoms with van der Waals surface area (Å²) in [7, 11) is 0. The molecule has 25 heavy (non-hydrogen) atoms. The van der Waals surface area contributed by atoms with Crippen molar-refractivity contribution in [3.05, 3.63) is 51.9 Å². The van der Waals surface area contributed by atoms with Crippen LogP contribution in [0, 0.1) is 24.2 Å². The van der Waals surface area contributed by atoms with Gasteiger partial charge in [-0.25, -0.2) is 0 Å². The first-order valence-electron chi connectivity index (χ1n) is 7.89. The van der Waals surface area contributed by atoms with E-state index in [9.17, 15) is 9.59 Å². The Bertz CT molecular complexity index is 967. The quantitative estimate of drug-likeness (QED) is 0.828. The van der Waals surface area contributed by atoms with Crippen molar-refractivity contribution in [1.29, 1.82) is 5.26 Å². The van der Waals surface area contributed by atoms with E-state index in [4.69, 9.17) is 14.7 Å². The highest BCUT2D eigenvalue weighted by molar-refractivity contribution is 5.96. The molecule has 7 nitrogen and oxygen atoms in total. The molecule has 1 fully saturated rings. The van der Waals surface area contributed by atoms with Crippen molar-refractivity contribution in [1.82, 2.24) is 9.47 Å². The van der Waals surface area contributed by atoms with Crippen LogP contribution in [0.3, 0.4) is 0 Å². The highest BCUT2D eigenvalue weighted by atomic mass is 16.7. The summed E-state index contributed by atoms with van der Waals surface area (Å²) in [5.41, 5.74) is 0.968. The molecule has 1 amide bonds. The maximum Gasteiger partial charge on any atom is 0.268 e. The van der Waals surface area contributed by atoms with Gasteiger partial charge in [0.15, 0.2) is 11.5 Å². The first-order valence-corrected chi connectivity index (χ1v) is 7.89. The van der Waals surface area contributed by atoms with E-state index in [0.29, 0.717) is 35.8 Å². The molecular weight excluding hydrogens is 322 g/mol. The normalized spacial score (nSPS) is 15.6. The Morgan fingerprint density at radius 1 is 1.24 bits per heavy atom. The maximum absolute atomic E-state index is 12.9. The second kappa shape index (κ2) is 5.67. The van der Waals surface area contributed by atoms with Crippen LogP contribution in [0.5, 0.6) is 11.5 Å². The van der Waals surface area contributed by atoms with Crippen LogP contribution in [0.25, 0.3) is 5.69 Å². The van der Waals surface area contributed by atoms with Crippen molar-refractivity contribution in [3.63, 3.8) is 0 Å². The Labute approximate surface area is 143 Å². The van der Waals surface area contributed by atoms with Gasteiger partial charge in [-0.3, -0.25) is 14.2 Å². The highest BCUT2D eigenvalue weighted by Gasteiger charge is 2.33. The number of rotatable bonds is 2. The van der Waals surface area contributed by atoms with Gasteiger partial charge in [0.05, 0.1) is 17.7 Å². The molecule has 1 saturated heterocycles. The summed E-state index contributed by atoms with van der Waals surface area (Å²) in [6, 6.07) is 9.05. The fraction of sp³-hybridized carbons (Fsp3) is 0.278. The number of amides is 1. The molecule has 4 rings (SSSR count). The minimum absolute atomic E-state index is 0.136. The van der Waals surface area contributed by atoms with Gasteiger partial charge in [-0.2, -0.15) is 5.26 Å². The lowest BCUT2D eigenvalue weighted by Crippen LogP contribution is -2.51. The Hall–Kier alpha value is -3.27. The predicted octanol–water partition coefficient (Wildman–Crippen LogP) is 1.47. The summed E-state index contributed by atoms with van der Waals surface area (Å²) in [5.74, 6) is 0.717. The van der Waals surface area contributed by atoms with Gasteiger partial charge in [-0.15, -0.1) is 0 Å². The van der Waals surface area contributed by atoms with Crippen LogP contribution in [0.2, 0.25) is 0 Å². The van der Waals surface area contributed by atoms with Gasteiger partial charge in [-0.1, -0.05) is 0 Å². The molecule has 2 aliphatic rings. The van der Waals surface area contributed by atoms with Gasteiger partial charge in [-0.05, 0) is 30.7 Å². The molecule has 0 radical (unpaired) electrons. The van der Waals surface area contributed by atoms with E-state index in [1.807, 2.05) is 0 Å². The third-order valence-electron chi connectivity index (χ3n) is 4.50. The SMILES string of the molecule is Cc1ccn(-c2ccc3c(c2)OCO3)c(=O)c1C(=O)N1CC(C#N)C1. The van der Waals surface area contributed by atoms with Crippen LogP contribution in [0.15, 0.2) is 35.3 Å². The molecule has 0 bridgehead atoms. The lowest BCUT2D eigenvalue weighted by Gasteiger charge is -2.35. The molecular formula is C18H15N3O4. The number of likely N-dealkylation sites (tertiary alicyclic amines) is 1. The fourth-order valence-corrected chi connectivity index (χ4v) is 3.01. The third-order valence-corrected chi connectivity index (χ3v) is 4.50. The number of ether oxygens (including phenoxy) is 2. The molecule has 7 heteroatoms. The number of aryl methyl sites for hydroxylation is 1. The molecule has 0 atom stereocenters. The molecule has 2 aliphatic heterocycles. The largest absolute Gasteiger partial charge is 0.454 e. The zero-order chi connectivity index (χ0) is 17.6. The van der Waals surface area contributed by atoms with E-state index in [-0.39, 0.29) is 29.7 Å². The summed E-state index contributed by atoms with van der Waals surface area (Å²) in [6.45, 7) is 2.63. The maximum atomic E-state index is 12.9. The molecule has 0 aliphatic carbocycles. The van der Waals surface area contributed by atoms with Crippen molar-refractivity contribution in [2.45, 2.75) is 6.92 Å².